The van der Waals surface area contributed by atoms with Gasteiger partial charge in [0.1, 0.15) is 5.69 Å². The van der Waals surface area contributed by atoms with Gasteiger partial charge < -0.3 is 14.9 Å². The zero-order valence-electron chi connectivity index (χ0n) is 12.3. The van der Waals surface area contributed by atoms with Crippen LogP contribution < -0.4 is 4.90 Å². The van der Waals surface area contributed by atoms with Gasteiger partial charge in [0.05, 0.1) is 10.5 Å². The zero-order chi connectivity index (χ0) is 15.7. The third-order valence-electron chi connectivity index (χ3n) is 3.99. The number of likely N-dealkylation sites (N-methyl/N-ethyl adjacent to an activating group) is 1. The second-order valence-corrected chi connectivity index (χ2v) is 5.65. The Hall–Kier alpha value is -2.15. The molecule has 2 unspecified atom stereocenters. The molecule has 7 nitrogen and oxygen atoms in total. The van der Waals surface area contributed by atoms with E-state index in [0.29, 0.717) is 19.0 Å². The van der Waals surface area contributed by atoms with Crippen molar-refractivity contribution in [3.8, 4) is 0 Å². The summed E-state index contributed by atoms with van der Waals surface area (Å²) in [5, 5.41) is 20.5. The average Bonchev–Trinajstić information content (AvgIpc) is 2.79. The lowest BCUT2D eigenvalue weighted by molar-refractivity contribution is -0.384. The number of nitro benzene ring substituents is 1. The summed E-state index contributed by atoms with van der Waals surface area (Å²) >= 11 is 0. The Bertz CT molecular complexity index is 541. The van der Waals surface area contributed by atoms with E-state index >= 15 is 0 Å². The van der Waals surface area contributed by atoms with Crippen LogP contribution >= 0.6 is 0 Å². The number of para-hydroxylation sites is 1. The third kappa shape index (κ3) is 2.82. The van der Waals surface area contributed by atoms with E-state index in [2.05, 4.69) is 11.8 Å². The van der Waals surface area contributed by atoms with Gasteiger partial charge in [-0.25, -0.2) is 4.79 Å². The summed E-state index contributed by atoms with van der Waals surface area (Å²) in [4.78, 5) is 26.0. The fourth-order valence-corrected chi connectivity index (χ4v) is 2.99. The van der Waals surface area contributed by atoms with E-state index in [9.17, 15) is 20.0 Å². The molecule has 0 amide bonds. The molecule has 1 aromatic carbocycles. The van der Waals surface area contributed by atoms with E-state index in [4.69, 9.17) is 0 Å². The Kier molecular flexibility index (Phi) is 4.13. The van der Waals surface area contributed by atoms with E-state index in [0.717, 1.165) is 0 Å². The van der Waals surface area contributed by atoms with Crippen LogP contribution in [0.5, 0.6) is 0 Å². The molecule has 1 aliphatic heterocycles. The van der Waals surface area contributed by atoms with Crippen LogP contribution in [0.25, 0.3) is 0 Å². The van der Waals surface area contributed by atoms with Crippen LogP contribution in [0.4, 0.5) is 11.4 Å². The number of anilines is 1. The lowest BCUT2D eigenvalue weighted by Crippen LogP contribution is -2.34. The monoisotopic (exact) mass is 293 g/mol. The number of nitrogens with zero attached hydrogens (tertiary/aromatic N) is 3. The first-order chi connectivity index (χ1) is 9.82. The first kappa shape index (κ1) is 15.2. The SMILES string of the molecule is CC1CN(c2c(C(=O)O)cccc2[N+](=O)[O-])CC1N(C)C. The molecule has 1 N–H and O–H groups in total. The molecule has 1 aliphatic rings. The smallest absolute Gasteiger partial charge is 0.338 e. The van der Waals surface area contributed by atoms with Crippen molar-refractivity contribution in [2.75, 3.05) is 32.1 Å². The summed E-state index contributed by atoms with van der Waals surface area (Å²) in [5.41, 5.74) is 0.0449. The van der Waals surface area contributed by atoms with Crippen LogP contribution in [0.3, 0.4) is 0 Å². The average molecular weight is 293 g/mol. The summed E-state index contributed by atoms with van der Waals surface area (Å²) in [7, 11) is 3.92. The van der Waals surface area contributed by atoms with E-state index in [1.807, 2.05) is 19.0 Å². The maximum atomic E-state index is 11.4. The summed E-state index contributed by atoms with van der Waals surface area (Å²) < 4.78 is 0. The number of carboxylic acids is 1. The Labute approximate surface area is 122 Å². The molecule has 0 spiro atoms. The van der Waals surface area contributed by atoms with Crippen LogP contribution in [0.1, 0.15) is 17.3 Å². The summed E-state index contributed by atoms with van der Waals surface area (Å²) in [6.07, 6.45) is 0. The molecule has 0 aliphatic carbocycles. The first-order valence-corrected chi connectivity index (χ1v) is 6.75. The lowest BCUT2D eigenvalue weighted by atomic mass is 10.1. The summed E-state index contributed by atoms with van der Waals surface area (Å²) in [6.45, 7) is 3.26. The van der Waals surface area contributed by atoms with Crippen molar-refractivity contribution in [3.05, 3.63) is 33.9 Å². The molecule has 1 saturated heterocycles. The molecular formula is C14H19N3O4. The van der Waals surface area contributed by atoms with Gasteiger partial charge in [0.25, 0.3) is 5.69 Å². The van der Waals surface area contributed by atoms with Gasteiger partial charge >= 0.3 is 5.97 Å². The number of nitro groups is 1. The second-order valence-electron chi connectivity index (χ2n) is 5.65. The van der Waals surface area contributed by atoms with E-state index in [1.54, 1.807) is 0 Å². The predicted octanol–water partition coefficient (Wildman–Crippen LogP) is 1.68. The van der Waals surface area contributed by atoms with Crippen molar-refractivity contribution in [1.29, 1.82) is 0 Å². The van der Waals surface area contributed by atoms with Crippen molar-refractivity contribution >= 4 is 17.3 Å². The predicted molar refractivity (Wildman–Crippen MR) is 78.9 cm³/mol. The van der Waals surface area contributed by atoms with Crippen LogP contribution in [-0.2, 0) is 0 Å². The maximum Gasteiger partial charge on any atom is 0.338 e. The van der Waals surface area contributed by atoms with Crippen LogP contribution in [0, 0.1) is 16.0 Å². The molecule has 21 heavy (non-hydrogen) atoms. The molecule has 1 fully saturated rings. The minimum atomic E-state index is -1.14. The fraction of sp³-hybridized carbons (Fsp3) is 0.500. The van der Waals surface area contributed by atoms with Crippen molar-refractivity contribution in [2.24, 2.45) is 5.92 Å². The number of hydrogen-bond acceptors (Lipinski definition) is 5. The quantitative estimate of drug-likeness (QED) is 0.671. The molecule has 0 bridgehead atoms. The van der Waals surface area contributed by atoms with Gasteiger partial charge in [0.15, 0.2) is 0 Å². The minimum absolute atomic E-state index is 0.0178. The van der Waals surface area contributed by atoms with Crippen molar-refractivity contribution in [3.63, 3.8) is 0 Å². The largest absolute Gasteiger partial charge is 0.478 e. The molecule has 114 valence electrons. The van der Waals surface area contributed by atoms with Crippen molar-refractivity contribution in [2.45, 2.75) is 13.0 Å². The van der Waals surface area contributed by atoms with E-state index in [-0.39, 0.29) is 23.0 Å². The zero-order valence-corrected chi connectivity index (χ0v) is 12.3. The van der Waals surface area contributed by atoms with Crippen molar-refractivity contribution < 1.29 is 14.8 Å². The highest BCUT2D eigenvalue weighted by atomic mass is 16.6. The normalized spacial score (nSPS) is 21.8. The Balaban J connectivity index is 2.48. The Morgan fingerprint density at radius 3 is 2.57 bits per heavy atom. The molecule has 2 atom stereocenters. The van der Waals surface area contributed by atoms with E-state index in [1.165, 1.54) is 18.2 Å². The third-order valence-corrected chi connectivity index (χ3v) is 3.99. The van der Waals surface area contributed by atoms with Gasteiger partial charge in [-0.15, -0.1) is 0 Å². The van der Waals surface area contributed by atoms with Gasteiger partial charge in [-0.2, -0.15) is 0 Å². The number of carboxylic acid groups (broad SMARTS) is 1. The van der Waals surface area contributed by atoms with Gasteiger partial charge in [0.2, 0.25) is 0 Å². The number of aromatic carboxylic acids is 1. The summed E-state index contributed by atoms with van der Waals surface area (Å²) in [6, 6.07) is 4.42. The molecule has 0 radical (unpaired) electrons. The molecule has 0 saturated carbocycles. The molecule has 1 aromatic rings. The molecule has 0 aromatic heterocycles. The maximum absolute atomic E-state index is 11.4. The fourth-order valence-electron chi connectivity index (χ4n) is 2.99. The summed E-state index contributed by atoms with van der Waals surface area (Å²) in [5.74, 6) is -0.837. The van der Waals surface area contributed by atoms with Crippen LogP contribution in [0.2, 0.25) is 0 Å². The Morgan fingerprint density at radius 1 is 1.43 bits per heavy atom. The molecule has 7 heteroatoms. The van der Waals surface area contributed by atoms with E-state index < -0.39 is 10.9 Å². The first-order valence-electron chi connectivity index (χ1n) is 6.75. The molecule has 1 heterocycles. The van der Waals surface area contributed by atoms with Gasteiger partial charge in [-0.05, 0) is 26.1 Å². The number of rotatable bonds is 4. The van der Waals surface area contributed by atoms with Crippen molar-refractivity contribution in [1.82, 2.24) is 4.90 Å². The lowest BCUT2D eigenvalue weighted by Gasteiger charge is -2.23. The second kappa shape index (κ2) is 5.69. The highest BCUT2D eigenvalue weighted by Gasteiger charge is 2.36. The van der Waals surface area contributed by atoms with Gasteiger partial charge in [0, 0.05) is 25.2 Å². The highest BCUT2D eigenvalue weighted by Crippen LogP contribution is 2.36. The number of benzene rings is 1. The number of hydrogen-bond donors (Lipinski definition) is 1. The Morgan fingerprint density at radius 2 is 2.10 bits per heavy atom. The van der Waals surface area contributed by atoms with Gasteiger partial charge in [-0.3, -0.25) is 10.1 Å². The van der Waals surface area contributed by atoms with Crippen LogP contribution in [-0.4, -0.2) is 54.1 Å². The standard InChI is InChI=1S/C14H19N3O4/c1-9-7-16(8-12(9)15(2)3)13-10(14(18)19)5-4-6-11(13)17(20)21/h4-6,9,12H,7-8H2,1-3H3,(H,18,19). The highest BCUT2D eigenvalue weighted by molar-refractivity contribution is 5.97. The van der Waals surface area contributed by atoms with Gasteiger partial charge in [-0.1, -0.05) is 13.0 Å². The van der Waals surface area contributed by atoms with Crippen LogP contribution in [0.15, 0.2) is 18.2 Å². The minimum Gasteiger partial charge on any atom is -0.478 e. The topological polar surface area (TPSA) is 86.9 Å². The number of carbonyl (C=O) groups is 1. The molecule has 2 rings (SSSR count). The molecular weight excluding hydrogens is 274 g/mol.